The predicted molar refractivity (Wildman–Crippen MR) is 123 cm³/mol. The van der Waals surface area contributed by atoms with Gasteiger partial charge in [-0.1, -0.05) is 23.7 Å². The molecule has 174 valence electrons. The quantitative estimate of drug-likeness (QED) is 0.651. The number of halogens is 1. The van der Waals surface area contributed by atoms with E-state index >= 15 is 0 Å². The van der Waals surface area contributed by atoms with Crippen molar-refractivity contribution in [3.05, 3.63) is 34.9 Å². The third kappa shape index (κ3) is 5.06. The van der Waals surface area contributed by atoms with Gasteiger partial charge in [-0.25, -0.2) is 0 Å². The molecule has 1 aromatic rings. The highest BCUT2D eigenvalue weighted by atomic mass is 35.5. The van der Waals surface area contributed by atoms with Gasteiger partial charge in [-0.05, 0) is 51.3 Å². The second-order valence-corrected chi connectivity index (χ2v) is 9.13. The Kier molecular flexibility index (Phi) is 7.44. The number of rotatable bonds is 7. The number of carbonyl (C=O) groups is 3. The topological polar surface area (TPSA) is 96.8 Å². The molecule has 9 heteroatoms. The molecule has 8 nitrogen and oxygen atoms in total. The number of likely N-dealkylation sites (tertiary alicyclic amines) is 1. The molecule has 3 rings (SSSR count). The van der Waals surface area contributed by atoms with Crippen molar-refractivity contribution in [1.82, 2.24) is 20.0 Å². The van der Waals surface area contributed by atoms with Crippen molar-refractivity contribution in [2.24, 2.45) is 5.92 Å². The molecule has 0 aromatic heterocycles. The van der Waals surface area contributed by atoms with Crippen LogP contribution in [0.3, 0.4) is 0 Å². The van der Waals surface area contributed by atoms with Crippen LogP contribution in [0.1, 0.15) is 45.6 Å². The van der Waals surface area contributed by atoms with Gasteiger partial charge in [0.15, 0.2) is 5.96 Å². The third-order valence-electron chi connectivity index (χ3n) is 6.31. The van der Waals surface area contributed by atoms with E-state index < -0.39 is 5.54 Å². The Labute approximate surface area is 194 Å². The van der Waals surface area contributed by atoms with E-state index in [2.05, 4.69) is 5.32 Å². The third-order valence-corrected chi connectivity index (χ3v) is 6.55. The van der Waals surface area contributed by atoms with Crippen LogP contribution < -0.4 is 5.32 Å². The fourth-order valence-corrected chi connectivity index (χ4v) is 4.70. The number of hydrogen-bond donors (Lipinski definition) is 2. The molecular weight excluding hydrogens is 430 g/mol. The van der Waals surface area contributed by atoms with Crippen LogP contribution in [0.2, 0.25) is 5.02 Å². The summed E-state index contributed by atoms with van der Waals surface area (Å²) < 4.78 is 0. The summed E-state index contributed by atoms with van der Waals surface area (Å²) >= 11 is 6.04. The van der Waals surface area contributed by atoms with Crippen LogP contribution in [0.25, 0.3) is 0 Å². The maximum Gasteiger partial charge on any atom is 0.255 e. The molecule has 2 N–H and O–H groups in total. The van der Waals surface area contributed by atoms with E-state index in [9.17, 15) is 14.4 Å². The molecule has 2 saturated heterocycles. The van der Waals surface area contributed by atoms with Crippen molar-refractivity contribution in [2.75, 3.05) is 26.2 Å². The number of benzene rings is 1. The molecule has 32 heavy (non-hydrogen) atoms. The Morgan fingerprint density at radius 2 is 2.03 bits per heavy atom. The van der Waals surface area contributed by atoms with Gasteiger partial charge in [-0.3, -0.25) is 24.7 Å². The second-order valence-electron chi connectivity index (χ2n) is 8.69. The number of nitrogens with zero attached hydrogens (tertiary/aromatic N) is 3. The lowest BCUT2D eigenvalue weighted by Crippen LogP contribution is -2.51. The first kappa shape index (κ1) is 24.0. The number of nitrogens with one attached hydrogen (secondary N) is 2. The van der Waals surface area contributed by atoms with Gasteiger partial charge in [-0.15, -0.1) is 0 Å². The van der Waals surface area contributed by atoms with Gasteiger partial charge in [0.2, 0.25) is 11.8 Å². The van der Waals surface area contributed by atoms with Gasteiger partial charge in [0.25, 0.3) is 5.91 Å². The zero-order valence-corrected chi connectivity index (χ0v) is 19.7. The summed E-state index contributed by atoms with van der Waals surface area (Å²) in [7, 11) is 0. The highest BCUT2D eigenvalue weighted by Crippen LogP contribution is 2.26. The number of amides is 3. The Bertz CT molecular complexity index is 903. The molecule has 2 atom stereocenters. The van der Waals surface area contributed by atoms with Crippen LogP contribution in [-0.4, -0.2) is 70.1 Å². The molecule has 2 heterocycles. The second kappa shape index (κ2) is 9.90. The Hall–Kier alpha value is -2.61. The minimum atomic E-state index is -1.19. The fraction of sp³-hybridized carbons (Fsp3) is 0.565. The summed E-state index contributed by atoms with van der Waals surface area (Å²) in [6, 6.07) is 7.14. The Balaban J connectivity index is 1.65. The number of piperidine rings is 1. The summed E-state index contributed by atoms with van der Waals surface area (Å²) in [6.45, 7) is 8.03. The molecule has 2 aliphatic rings. The van der Waals surface area contributed by atoms with E-state index in [0.717, 1.165) is 18.4 Å². The average Bonchev–Trinajstić information content (AvgIpc) is 2.97. The van der Waals surface area contributed by atoms with Crippen LogP contribution in [0.5, 0.6) is 0 Å². The van der Waals surface area contributed by atoms with Crippen molar-refractivity contribution < 1.29 is 14.4 Å². The SMILES string of the molecule is CCN(CC)C(=O)C1CCCN(C(=O)CC2(C)NC(=N)N(Cc3cccc(Cl)c3)C2=O)C1. The van der Waals surface area contributed by atoms with E-state index in [1.54, 1.807) is 34.9 Å². The summed E-state index contributed by atoms with van der Waals surface area (Å²) in [5.74, 6) is -0.640. The summed E-state index contributed by atoms with van der Waals surface area (Å²) in [6.07, 6.45) is 1.47. The normalized spacial score (nSPS) is 23.3. The summed E-state index contributed by atoms with van der Waals surface area (Å²) in [5, 5.41) is 11.7. The highest BCUT2D eigenvalue weighted by molar-refractivity contribution is 6.30. The average molecular weight is 462 g/mol. The van der Waals surface area contributed by atoms with Crippen molar-refractivity contribution in [2.45, 2.75) is 52.1 Å². The molecule has 3 amide bonds. The van der Waals surface area contributed by atoms with Gasteiger partial charge >= 0.3 is 0 Å². The van der Waals surface area contributed by atoms with Crippen LogP contribution in [0.4, 0.5) is 0 Å². The largest absolute Gasteiger partial charge is 0.343 e. The zero-order chi connectivity index (χ0) is 23.5. The van der Waals surface area contributed by atoms with E-state index in [4.69, 9.17) is 17.0 Å². The van der Waals surface area contributed by atoms with Gasteiger partial charge in [0.05, 0.1) is 18.9 Å². The van der Waals surface area contributed by atoms with E-state index in [1.807, 2.05) is 19.9 Å². The van der Waals surface area contributed by atoms with Crippen LogP contribution in [0, 0.1) is 11.3 Å². The van der Waals surface area contributed by atoms with Gasteiger partial charge < -0.3 is 15.1 Å². The van der Waals surface area contributed by atoms with Gasteiger partial charge in [-0.2, -0.15) is 0 Å². The van der Waals surface area contributed by atoms with Crippen LogP contribution in [-0.2, 0) is 20.9 Å². The van der Waals surface area contributed by atoms with E-state index in [1.165, 1.54) is 4.90 Å². The minimum absolute atomic E-state index is 0.0292. The van der Waals surface area contributed by atoms with E-state index in [0.29, 0.717) is 31.2 Å². The monoisotopic (exact) mass is 461 g/mol. The summed E-state index contributed by atoms with van der Waals surface area (Å²) in [5.41, 5.74) is -0.385. The molecular formula is C23H32ClN5O3. The molecule has 2 unspecified atom stereocenters. The molecule has 0 aliphatic carbocycles. The predicted octanol–water partition coefficient (Wildman–Crippen LogP) is 2.46. The van der Waals surface area contributed by atoms with Gasteiger partial charge in [0, 0.05) is 31.2 Å². The smallest absolute Gasteiger partial charge is 0.255 e. The first-order valence-electron chi connectivity index (χ1n) is 11.2. The molecule has 2 aliphatic heterocycles. The molecule has 1 aromatic carbocycles. The van der Waals surface area contributed by atoms with E-state index in [-0.39, 0.29) is 42.6 Å². The first-order chi connectivity index (χ1) is 15.2. The van der Waals surface area contributed by atoms with Crippen molar-refractivity contribution >= 4 is 35.3 Å². The summed E-state index contributed by atoms with van der Waals surface area (Å²) in [4.78, 5) is 43.8. The van der Waals surface area contributed by atoms with Crippen LogP contribution >= 0.6 is 11.6 Å². The Morgan fingerprint density at radius 3 is 2.69 bits per heavy atom. The first-order valence-corrected chi connectivity index (χ1v) is 11.6. The fourth-order valence-electron chi connectivity index (χ4n) is 4.48. The molecule has 0 spiro atoms. The minimum Gasteiger partial charge on any atom is -0.343 e. The Morgan fingerprint density at radius 1 is 1.31 bits per heavy atom. The maximum atomic E-state index is 13.1. The van der Waals surface area contributed by atoms with Crippen molar-refractivity contribution in [1.29, 1.82) is 5.41 Å². The maximum absolute atomic E-state index is 13.1. The molecule has 0 radical (unpaired) electrons. The lowest BCUT2D eigenvalue weighted by molar-refractivity contribution is -0.143. The standard InChI is InChI=1S/C23H32ClN5O3/c1-4-27(5-2)20(31)17-9-7-11-28(15-17)19(30)13-23(3)21(32)29(22(25)26-23)14-16-8-6-10-18(24)12-16/h6,8,10,12,17H,4-5,7,9,11,13-15H2,1-3H3,(H2,25,26). The zero-order valence-electron chi connectivity index (χ0n) is 19.0. The molecule has 0 saturated carbocycles. The lowest BCUT2D eigenvalue weighted by Gasteiger charge is -2.35. The highest BCUT2D eigenvalue weighted by Gasteiger charge is 2.48. The van der Waals surface area contributed by atoms with Crippen LogP contribution in [0.15, 0.2) is 24.3 Å². The number of carbonyl (C=O) groups excluding carboxylic acids is 3. The number of hydrogen-bond acceptors (Lipinski definition) is 4. The van der Waals surface area contributed by atoms with Crippen molar-refractivity contribution in [3.63, 3.8) is 0 Å². The lowest BCUT2D eigenvalue weighted by atomic mass is 9.93. The van der Waals surface area contributed by atoms with Crippen molar-refractivity contribution in [3.8, 4) is 0 Å². The van der Waals surface area contributed by atoms with Gasteiger partial charge in [0.1, 0.15) is 5.54 Å². The molecule has 2 fully saturated rings. The molecule has 0 bridgehead atoms. The number of guanidine groups is 1.